The summed E-state index contributed by atoms with van der Waals surface area (Å²) < 4.78 is 50.9. The van der Waals surface area contributed by atoms with Crippen LogP contribution in [0.4, 0.5) is 4.39 Å². The molecule has 0 spiro atoms. The molecule has 2 fully saturated rings. The molecule has 1 saturated carbocycles. The van der Waals surface area contributed by atoms with Gasteiger partial charge in [-0.2, -0.15) is 4.31 Å². The molecule has 0 unspecified atom stereocenters. The molecule has 2 aliphatic rings. The Bertz CT molecular complexity index is 862. The summed E-state index contributed by atoms with van der Waals surface area (Å²) in [5.74, 6) is -2.24. The molecule has 0 bridgehead atoms. The Morgan fingerprint density at radius 3 is 2.47 bits per heavy atom. The van der Waals surface area contributed by atoms with Crippen LogP contribution >= 0.6 is 0 Å². The van der Waals surface area contributed by atoms with E-state index >= 15 is 0 Å². The number of sulfonamides is 1. The number of carbonyl (C=O) groups is 2. The first kappa shape index (κ1) is 22.6. The standard InChI is InChI=1S/C20H27FN2O6S/c21-17-8-7-15(13-18(17)30(26,27)23-9-11-28-12-10-23)20(25)29-14-19(24)22-16-5-3-1-2-4-6-16/h7-8,13,16H,1-6,9-12,14H2,(H,22,24). The third-order valence-electron chi connectivity index (χ3n) is 5.31. The minimum absolute atomic E-state index is 0.0785. The molecule has 1 aromatic carbocycles. The first-order valence-corrected chi connectivity index (χ1v) is 11.7. The number of morpholine rings is 1. The van der Waals surface area contributed by atoms with Gasteiger partial charge in [-0.25, -0.2) is 17.6 Å². The highest BCUT2D eigenvalue weighted by Crippen LogP contribution is 2.22. The number of carbonyl (C=O) groups excluding carboxylic acids is 2. The molecule has 1 aromatic rings. The zero-order valence-corrected chi connectivity index (χ0v) is 17.6. The number of halogens is 1. The van der Waals surface area contributed by atoms with Crippen molar-refractivity contribution in [3.63, 3.8) is 0 Å². The highest BCUT2D eigenvalue weighted by atomic mass is 32.2. The number of esters is 1. The van der Waals surface area contributed by atoms with Crippen LogP contribution in [0.2, 0.25) is 0 Å². The molecule has 3 rings (SSSR count). The van der Waals surface area contributed by atoms with Crippen molar-refractivity contribution >= 4 is 21.9 Å². The van der Waals surface area contributed by atoms with Gasteiger partial charge in [0.25, 0.3) is 5.91 Å². The minimum atomic E-state index is -4.11. The third kappa shape index (κ3) is 5.77. The van der Waals surface area contributed by atoms with Crippen molar-refractivity contribution in [2.24, 2.45) is 0 Å². The molecule has 166 valence electrons. The molecular formula is C20H27FN2O6S. The van der Waals surface area contributed by atoms with E-state index in [1.807, 2.05) is 0 Å². The zero-order chi connectivity index (χ0) is 21.6. The summed E-state index contributed by atoms with van der Waals surface area (Å²) in [6.07, 6.45) is 6.23. The van der Waals surface area contributed by atoms with Gasteiger partial charge < -0.3 is 14.8 Å². The third-order valence-corrected chi connectivity index (χ3v) is 7.22. The summed E-state index contributed by atoms with van der Waals surface area (Å²) in [6.45, 7) is 0.186. The normalized spacial score (nSPS) is 19.1. The monoisotopic (exact) mass is 442 g/mol. The number of hydrogen-bond donors (Lipinski definition) is 1. The number of ether oxygens (including phenoxy) is 2. The van der Waals surface area contributed by atoms with E-state index in [0.29, 0.717) is 0 Å². The van der Waals surface area contributed by atoms with Crippen molar-refractivity contribution < 1.29 is 31.9 Å². The number of nitrogens with one attached hydrogen (secondary N) is 1. The average molecular weight is 443 g/mol. The van der Waals surface area contributed by atoms with Crippen LogP contribution in [0.3, 0.4) is 0 Å². The minimum Gasteiger partial charge on any atom is -0.452 e. The lowest BCUT2D eigenvalue weighted by Gasteiger charge is -2.26. The Labute approximate surface area is 175 Å². The molecule has 1 saturated heterocycles. The quantitative estimate of drug-likeness (QED) is 0.533. The SMILES string of the molecule is O=C(COC(=O)c1ccc(F)c(S(=O)(=O)N2CCOCC2)c1)NC1CCCCCC1. The van der Waals surface area contributed by atoms with Crippen LogP contribution in [0.5, 0.6) is 0 Å². The number of hydrogen-bond acceptors (Lipinski definition) is 6. The lowest BCUT2D eigenvalue weighted by atomic mass is 10.1. The van der Waals surface area contributed by atoms with Gasteiger partial charge >= 0.3 is 5.97 Å². The van der Waals surface area contributed by atoms with Gasteiger partial charge in [0.1, 0.15) is 10.7 Å². The van der Waals surface area contributed by atoms with Crippen LogP contribution in [0, 0.1) is 5.82 Å². The first-order chi connectivity index (χ1) is 14.4. The highest BCUT2D eigenvalue weighted by Gasteiger charge is 2.30. The lowest BCUT2D eigenvalue weighted by molar-refractivity contribution is -0.125. The number of rotatable bonds is 6. The summed E-state index contributed by atoms with van der Waals surface area (Å²) in [4.78, 5) is 23.8. The fraction of sp³-hybridized carbons (Fsp3) is 0.600. The Morgan fingerprint density at radius 2 is 1.80 bits per heavy atom. The van der Waals surface area contributed by atoms with E-state index in [-0.39, 0.29) is 37.9 Å². The zero-order valence-electron chi connectivity index (χ0n) is 16.8. The maximum absolute atomic E-state index is 14.2. The summed E-state index contributed by atoms with van der Waals surface area (Å²) in [5, 5.41) is 2.86. The Balaban J connectivity index is 1.62. The summed E-state index contributed by atoms with van der Waals surface area (Å²) in [6, 6.07) is 3.08. The van der Waals surface area contributed by atoms with Gasteiger partial charge in [0.05, 0.1) is 18.8 Å². The van der Waals surface area contributed by atoms with Gasteiger partial charge in [-0.1, -0.05) is 25.7 Å². The lowest BCUT2D eigenvalue weighted by Crippen LogP contribution is -2.41. The van der Waals surface area contributed by atoms with E-state index in [4.69, 9.17) is 9.47 Å². The van der Waals surface area contributed by atoms with Crippen LogP contribution in [-0.4, -0.2) is 63.6 Å². The van der Waals surface area contributed by atoms with E-state index < -0.39 is 39.2 Å². The van der Waals surface area contributed by atoms with E-state index in [1.165, 1.54) is 0 Å². The van der Waals surface area contributed by atoms with Crippen LogP contribution in [0.1, 0.15) is 48.9 Å². The molecule has 1 aliphatic carbocycles. The van der Waals surface area contributed by atoms with Gasteiger partial charge in [-0.3, -0.25) is 4.79 Å². The van der Waals surface area contributed by atoms with Crippen LogP contribution < -0.4 is 5.32 Å². The van der Waals surface area contributed by atoms with Crippen molar-refractivity contribution in [1.82, 2.24) is 9.62 Å². The summed E-state index contributed by atoms with van der Waals surface area (Å²) in [5.41, 5.74) is -0.134. The molecule has 0 atom stereocenters. The first-order valence-electron chi connectivity index (χ1n) is 10.2. The molecule has 1 aliphatic heterocycles. The van der Waals surface area contributed by atoms with E-state index in [0.717, 1.165) is 61.0 Å². The predicted octanol–water partition coefficient (Wildman–Crippen LogP) is 1.84. The van der Waals surface area contributed by atoms with E-state index in [1.54, 1.807) is 0 Å². The Hall–Kier alpha value is -2.04. The van der Waals surface area contributed by atoms with Crippen molar-refractivity contribution in [3.8, 4) is 0 Å². The number of benzene rings is 1. The van der Waals surface area contributed by atoms with Gasteiger partial charge in [0.15, 0.2) is 6.61 Å². The van der Waals surface area contributed by atoms with Gasteiger partial charge in [0, 0.05) is 19.1 Å². The second kappa shape index (κ2) is 10.3. The smallest absolute Gasteiger partial charge is 0.338 e. The van der Waals surface area contributed by atoms with Crippen molar-refractivity contribution in [3.05, 3.63) is 29.6 Å². The average Bonchev–Trinajstić information content (AvgIpc) is 3.01. The largest absolute Gasteiger partial charge is 0.452 e. The van der Waals surface area contributed by atoms with E-state index in [2.05, 4.69) is 5.32 Å². The molecule has 1 heterocycles. The molecule has 0 aromatic heterocycles. The van der Waals surface area contributed by atoms with E-state index in [9.17, 15) is 22.4 Å². The van der Waals surface area contributed by atoms with Gasteiger partial charge in [-0.15, -0.1) is 0 Å². The number of amides is 1. The molecule has 30 heavy (non-hydrogen) atoms. The highest BCUT2D eigenvalue weighted by molar-refractivity contribution is 7.89. The predicted molar refractivity (Wildman–Crippen MR) is 106 cm³/mol. The maximum atomic E-state index is 14.2. The Kier molecular flexibility index (Phi) is 7.79. The maximum Gasteiger partial charge on any atom is 0.338 e. The van der Waals surface area contributed by atoms with Crippen LogP contribution in [-0.2, 0) is 24.3 Å². The molecule has 1 N–H and O–H groups in total. The summed E-state index contributed by atoms with van der Waals surface area (Å²) in [7, 11) is -4.11. The molecule has 8 nitrogen and oxygen atoms in total. The molecule has 0 radical (unpaired) electrons. The van der Waals surface area contributed by atoms with Crippen LogP contribution in [0.15, 0.2) is 23.1 Å². The topological polar surface area (TPSA) is 102 Å². The fourth-order valence-electron chi connectivity index (χ4n) is 3.66. The second-order valence-corrected chi connectivity index (χ2v) is 9.40. The van der Waals surface area contributed by atoms with Crippen molar-refractivity contribution in [1.29, 1.82) is 0 Å². The van der Waals surface area contributed by atoms with Gasteiger partial charge in [0.2, 0.25) is 10.0 Å². The molecule has 1 amide bonds. The van der Waals surface area contributed by atoms with Gasteiger partial charge in [-0.05, 0) is 31.0 Å². The van der Waals surface area contributed by atoms with Crippen molar-refractivity contribution in [2.75, 3.05) is 32.9 Å². The molecule has 10 heteroatoms. The van der Waals surface area contributed by atoms with Crippen molar-refractivity contribution in [2.45, 2.75) is 49.5 Å². The van der Waals surface area contributed by atoms with Crippen LogP contribution in [0.25, 0.3) is 0 Å². The fourth-order valence-corrected chi connectivity index (χ4v) is 5.16. The Morgan fingerprint density at radius 1 is 1.13 bits per heavy atom. The second-order valence-electron chi connectivity index (χ2n) is 7.49. The summed E-state index contributed by atoms with van der Waals surface area (Å²) >= 11 is 0. The molecular weight excluding hydrogens is 415 g/mol. The number of nitrogens with zero attached hydrogens (tertiary/aromatic N) is 1.